The van der Waals surface area contributed by atoms with Gasteiger partial charge in [-0.2, -0.15) is 5.10 Å². The molecule has 1 atom stereocenters. The Kier molecular flexibility index (Phi) is 4.20. The summed E-state index contributed by atoms with van der Waals surface area (Å²) in [4.78, 5) is 16.8. The first kappa shape index (κ1) is 16.0. The van der Waals surface area contributed by atoms with Crippen LogP contribution in [0.2, 0.25) is 0 Å². The third-order valence-electron chi connectivity index (χ3n) is 4.04. The minimum atomic E-state index is -0.913. The number of carbonyl (C=O) groups is 1. The number of nitrogens with zero attached hydrogens (tertiary/aromatic N) is 3. The molecule has 2 N–H and O–H groups in total. The van der Waals surface area contributed by atoms with E-state index in [-0.39, 0.29) is 12.5 Å². The van der Waals surface area contributed by atoms with Gasteiger partial charge in [0.1, 0.15) is 17.4 Å². The van der Waals surface area contributed by atoms with E-state index in [1.165, 1.54) is 12.5 Å². The number of rotatable bonds is 5. The standard InChI is InChI=1S/C19H16N4O3/c24-16(17-7-4-10-26-17)12-21-19(25)14-11-22-23-15(8-9-20-18(14)23)13-5-2-1-3-6-13/h1-11,16,24H,12H2,(H,21,25). The molecule has 4 aromatic rings. The van der Waals surface area contributed by atoms with Gasteiger partial charge in [-0.3, -0.25) is 4.79 Å². The molecule has 0 aliphatic rings. The lowest BCUT2D eigenvalue weighted by molar-refractivity contribution is 0.0902. The molecule has 3 aromatic heterocycles. The molecule has 0 saturated heterocycles. The van der Waals surface area contributed by atoms with Crippen molar-refractivity contribution < 1.29 is 14.3 Å². The molecular formula is C19H16N4O3. The van der Waals surface area contributed by atoms with Crippen molar-refractivity contribution in [1.82, 2.24) is 19.9 Å². The zero-order chi connectivity index (χ0) is 17.9. The van der Waals surface area contributed by atoms with E-state index >= 15 is 0 Å². The molecule has 0 saturated carbocycles. The minimum Gasteiger partial charge on any atom is -0.467 e. The number of aliphatic hydroxyl groups is 1. The molecule has 7 heteroatoms. The summed E-state index contributed by atoms with van der Waals surface area (Å²) in [5.41, 5.74) is 2.61. The molecule has 26 heavy (non-hydrogen) atoms. The van der Waals surface area contributed by atoms with Gasteiger partial charge in [-0.1, -0.05) is 30.3 Å². The van der Waals surface area contributed by atoms with E-state index in [4.69, 9.17) is 4.42 Å². The van der Waals surface area contributed by atoms with Crippen molar-refractivity contribution in [2.75, 3.05) is 6.54 Å². The maximum atomic E-state index is 12.5. The van der Waals surface area contributed by atoms with Gasteiger partial charge in [0, 0.05) is 11.8 Å². The fourth-order valence-electron chi connectivity index (χ4n) is 2.75. The van der Waals surface area contributed by atoms with E-state index in [1.807, 2.05) is 36.4 Å². The second-order valence-corrected chi connectivity index (χ2v) is 5.73. The first-order valence-electron chi connectivity index (χ1n) is 8.12. The smallest absolute Gasteiger partial charge is 0.256 e. The van der Waals surface area contributed by atoms with Crippen LogP contribution in [-0.4, -0.2) is 32.2 Å². The number of hydrogen-bond acceptors (Lipinski definition) is 5. The Morgan fingerprint density at radius 3 is 2.81 bits per heavy atom. The largest absolute Gasteiger partial charge is 0.467 e. The van der Waals surface area contributed by atoms with Gasteiger partial charge < -0.3 is 14.8 Å². The zero-order valence-electron chi connectivity index (χ0n) is 13.7. The first-order chi connectivity index (χ1) is 12.7. The zero-order valence-corrected chi connectivity index (χ0v) is 13.7. The molecule has 1 amide bonds. The van der Waals surface area contributed by atoms with Gasteiger partial charge >= 0.3 is 0 Å². The van der Waals surface area contributed by atoms with E-state index < -0.39 is 6.10 Å². The molecule has 0 aliphatic carbocycles. The second kappa shape index (κ2) is 6.81. The summed E-state index contributed by atoms with van der Waals surface area (Å²) >= 11 is 0. The molecular weight excluding hydrogens is 332 g/mol. The Hall–Kier alpha value is -3.45. The Morgan fingerprint density at radius 1 is 1.19 bits per heavy atom. The molecule has 4 rings (SSSR count). The third kappa shape index (κ3) is 2.96. The van der Waals surface area contributed by atoms with E-state index in [0.717, 1.165) is 11.3 Å². The van der Waals surface area contributed by atoms with Gasteiger partial charge in [-0.25, -0.2) is 9.50 Å². The van der Waals surface area contributed by atoms with E-state index in [0.29, 0.717) is 17.0 Å². The molecule has 0 bridgehead atoms. The number of carbonyl (C=O) groups excluding carboxylic acids is 1. The van der Waals surface area contributed by atoms with Crippen molar-refractivity contribution in [3.05, 3.63) is 78.5 Å². The average Bonchev–Trinajstić information content (AvgIpc) is 3.36. The molecule has 0 radical (unpaired) electrons. The van der Waals surface area contributed by atoms with Crippen LogP contribution in [0.1, 0.15) is 22.2 Å². The summed E-state index contributed by atoms with van der Waals surface area (Å²) < 4.78 is 6.76. The number of nitrogens with one attached hydrogen (secondary N) is 1. The molecule has 0 fully saturated rings. The van der Waals surface area contributed by atoms with Gasteiger partial charge in [0.2, 0.25) is 0 Å². The molecule has 1 unspecified atom stereocenters. The van der Waals surface area contributed by atoms with Gasteiger partial charge in [0.05, 0.1) is 24.7 Å². The number of aliphatic hydroxyl groups excluding tert-OH is 1. The molecule has 0 spiro atoms. The quantitative estimate of drug-likeness (QED) is 0.578. The van der Waals surface area contributed by atoms with Crippen LogP contribution in [-0.2, 0) is 0 Å². The Bertz CT molecular complexity index is 1030. The number of hydrogen-bond donors (Lipinski definition) is 2. The monoisotopic (exact) mass is 348 g/mol. The van der Waals surface area contributed by atoms with Crippen LogP contribution < -0.4 is 5.32 Å². The van der Waals surface area contributed by atoms with Crippen molar-refractivity contribution in [2.24, 2.45) is 0 Å². The van der Waals surface area contributed by atoms with Gasteiger partial charge in [-0.05, 0) is 18.2 Å². The fraction of sp³-hybridized carbons (Fsp3) is 0.105. The second-order valence-electron chi connectivity index (χ2n) is 5.73. The summed E-state index contributed by atoms with van der Waals surface area (Å²) in [6.45, 7) is 0.0298. The summed E-state index contributed by atoms with van der Waals surface area (Å²) in [6.07, 6.45) is 3.68. The maximum absolute atomic E-state index is 12.5. The highest BCUT2D eigenvalue weighted by Crippen LogP contribution is 2.20. The van der Waals surface area contributed by atoms with E-state index in [2.05, 4.69) is 15.4 Å². The summed E-state index contributed by atoms with van der Waals surface area (Å²) in [6, 6.07) is 14.9. The van der Waals surface area contributed by atoms with Crippen LogP contribution in [0.15, 0.2) is 71.6 Å². The lowest BCUT2D eigenvalue weighted by atomic mass is 10.1. The lowest BCUT2D eigenvalue weighted by Gasteiger charge is -2.09. The van der Waals surface area contributed by atoms with Crippen LogP contribution in [0.3, 0.4) is 0 Å². The number of fused-ring (bicyclic) bond motifs is 1. The molecule has 1 aromatic carbocycles. The van der Waals surface area contributed by atoms with Crippen molar-refractivity contribution in [3.63, 3.8) is 0 Å². The molecule has 0 aliphatic heterocycles. The van der Waals surface area contributed by atoms with Crippen LogP contribution in [0.25, 0.3) is 16.9 Å². The Labute approximate surface area is 148 Å². The topological polar surface area (TPSA) is 92.7 Å². The lowest BCUT2D eigenvalue weighted by Crippen LogP contribution is -2.28. The normalized spacial score (nSPS) is 12.2. The fourth-order valence-corrected chi connectivity index (χ4v) is 2.75. The molecule has 7 nitrogen and oxygen atoms in total. The van der Waals surface area contributed by atoms with E-state index in [9.17, 15) is 9.90 Å². The number of aromatic nitrogens is 3. The molecule has 130 valence electrons. The Morgan fingerprint density at radius 2 is 2.04 bits per heavy atom. The highest BCUT2D eigenvalue weighted by atomic mass is 16.4. The average molecular weight is 348 g/mol. The van der Waals surface area contributed by atoms with Gasteiger partial charge in [0.25, 0.3) is 5.91 Å². The summed E-state index contributed by atoms with van der Waals surface area (Å²) in [7, 11) is 0. The number of benzene rings is 1. The summed E-state index contributed by atoms with van der Waals surface area (Å²) in [5.74, 6) is 0.0398. The first-order valence-corrected chi connectivity index (χ1v) is 8.12. The number of amides is 1. The van der Waals surface area contributed by atoms with Crippen LogP contribution in [0, 0.1) is 0 Å². The summed E-state index contributed by atoms with van der Waals surface area (Å²) in [5, 5.41) is 17.0. The van der Waals surface area contributed by atoms with Crippen LogP contribution in [0.5, 0.6) is 0 Å². The predicted octanol–water partition coefficient (Wildman–Crippen LogP) is 2.45. The van der Waals surface area contributed by atoms with Crippen molar-refractivity contribution >= 4 is 11.6 Å². The highest BCUT2D eigenvalue weighted by Gasteiger charge is 2.18. The van der Waals surface area contributed by atoms with Crippen molar-refractivity contribution in [2.45, 2.75) is 6.10 Å². The van der Waals surface area contributed by atoms with Crippen LogP contribution >= 0.6 is 0 Å². The minimum absolute atomic E-state index is 0.0298. The van der Waals surface area contributed by atoms with E-state index in [1.54, 1.807) is 22.8 Å². The SMILES string of the molecule is O=C(NCC(O)c1ccco1)c1cnn2c(-c3ccccc3)ccnc12. The van der Waals surface area contributed by atoms with Crippen molar-refractivity contribution in [3.8, 4) is 11.3 Å². The predicted molar refractivity (Wildman–Crippen MR) is 94.4 cm³/mol. The van der Waals surface area contributed by atoms with Crippen molar-refractivity contribution in [1.29, 1.82) is 0 Å². The van der Waals surface area contributed by atoms with Gasteiger partial charge in [-0.15, -0.1) is 0 Å². The van der Waals surface area contributed by atoms with Crippen LogP contribution in [0.4, 0.5) is 0 Å². The third-order valence-corrected chi connectivity index (χ3v) is 4.04. The maximum Gasteiger partial charge on any atom is 0.256 e. The molecule has 3 heterocycles. The van der Waals surface area contributed by atoms with Gasteiger partial charge in [0.15, 0.2) is 5.65 Å². The number of furan rings is 1. The highest BCUT2D eigenvalue weighted by molar-refractivity contribution is 5.99. The Balaban J connectivity index is 1.58.